The van der Waals surface area contributed by atoms with Crippen molar-refractivity contribution in [3.8, 4) is 10.7 Å². The molecule has 1 aliphatic heterocycles. The first-order chi connectivity index (χ1) is 15.1. The van der Waals surface area contributed by atoms with Gasteiger partial charge in [0.1, 0.15) is 10.7 Å². The van der Waals surface area contributed by atoms with Gasteiger partial charge in [-0.2, -0.15) is 0 Å². The molecule has 2 aromatic heterocycles. The molecule has 164 valence electrons. The Morgan fingerprint density at radius 1 is 1.06 bits per heavy atom. The lowest BCUT2D eigenvalue weighted by molar-refractivity contribution is 0.0384. The molecule has 0 amide bonds. The third kappa shape index (κ3) is 6.07. The molecule has 0 spiro atoms. The Bertz CT molecular complexity index is 995. The number of nitrogens with one attached hydrogen (secondary N) is 2. The molecule has 0 aliphatic carbocycles. The molecule has 31 heavy (non-hydrogen) atoms. The average molecular weight is 439 g/mol. The highest BCUT2D eigenvalue weighted by Gasteiger charge is 2.13. The minimum atomic E-state index is 0.584. The van der Waals surface area contributed by atoms with Crippen molar-refractivity contribution in [1.29, 1.82) is 0 Å². The number of hydrogen-bond donors (Lipinski definition) is 2. The molecule has 0 unspecified atom stereocenters. The lowest BCUT2D eigenvalue weighted by Gasteiger charge is -2.26. The van der Waals surface area contributed by atoms with Gasteiger partial charge in [0.05, 0.1) is 18.9 Å². The summed E-state index contributed by atoms with van der Waals surface area (Å²) in [5.41, 5.74) is 5.31. The lowest BCUT2D eigenvalue weighted by Crippen LogP contribution is -2.40. The van der Waals surface area contributed by atoms with Gasteiger partial charge < -0.3 is 15.4 Å². The zero-order valence-corrected chi connectivity index (χ0v) is 19.3. The van der Waals surface area contributed by atoms with Crippen LogP contribution in [0.3, 0.4) is 0 Å². The van der Waals surface area contributed by atoms with Crippen LogP contribution < -0.4 is 10.6 Å². The molecule has 8 heteroatoms. The van der Waals surface area contributed by atoms with Crippen LogP contribution >= 0.6 is 11.3 Å². The molecule has 1 fully saturated rings. The van der Waals surface area contributed by atoms with E-state index in [1.54, 1.807) is 17.5 Å². The van der Waals surface area contributed by atoms with Crippen LogP contribution in [0.4, 0.5) is 11.6 Å². The maximum atomic E-state index is 5.40. The topological polar surface area (TPSA) is 75.2 Å². The first-order valence-electron chi connectivity index (χ1n) is 10.7. The third-order valence-electron chi connectivity index (χ3n) is 5.24. The third-order valence-corrected chi connectivity index (χ3v) is 6.42. The molecule has 7 nitrogen and oxygen atoms in total. The van der Waals surface area contributed by atoms with Crippen LogP contribution in [0.5, 0.6) is 0 Å². The molecule has 0 bridgehead atoms. The van der Waals surface area contributed by atoms with Gasteiger partial charge in [-0.15, -0.1) is 11.3 Å². The monoisotopic (exact) mass is 438 g/mol. The summed E-state index contributed by atoms with van der Waals surface area (Å²) < 4.78 is 5.40. The maximum Gasteiger partial charge on any atom is 0.227 e. The number of benzene rings is 1. The Hall–Kier alpha value is -2.39. The van der Waals surface area contributed by atoms with Gasteiger partial charge in [0.2, 0.25) is 5.95 Å². The number of aromatic nitrogens is 3. The first-order valence-corrected chi connectivity index (χ1v) is 11.5. The molecule has 3 heterocycles. The summed E-state index contributed by atoms with van der Waals surface area (Å²) in [6.07, 6.45) is 1.78. The molecule has 2 N–H and O–H groups in total. The van der Waals surface area contributed by atoms with Gasteiger partial charge in [0.25, 0.3) is 0 Å². The molecule has 0 radical (unpaired) electrons. The summed E-state index contributed by atoms with van der Waals surface area (Å²) in [7, 11) is 0. The van der Waals surface area contributed by atoms with Crippen molar-refractivity contribution >= 4 is 23.0 Å². The number of ether oxygens (including phenoxy) is 1. The van der Waals surface area contributed by atoms with E-state index in [4.69, 9.17) is 14.7 Å². The van der Waals surface area contributed by atoms with Crippen LogP contribution in [0.25, 0.3) is 10.7 Å². The Morgan fingerprint density at radius 3 is 2.61 bits per heavy atom. The Kier molecular flexibility index (Phi) is 7.24. The second-order valence-electron chi connectivity index (χ2n) is 7.93. The fourth-order valence-electron chi connectivity index (χ4n) is 3.68. The quantitative estimate of drug-likeness (QED) is 0.520. The predicted octanol–water partition coefficient (Wildman–Crippen LogP) is 3.69. The summed E-state index contributed by atoms with van der Waals surface area (Å²) in [5, 5.41) is 7.80. The standard InChI is InChI=1S/C23H30N6OS/c1-16-12-17(2)14-19(13-16)27-23-25-5-4-20(28-23)22-26-18(3)21(31-22)15-24-6-7-29-8-10-30-11-9-29/h4-5,12-14,24H,6-11,15H2,1-3H3,(H,25,27,28). The van der Waals surface area contributed by atoms with Gasteiger partial charge in [0.15, 0.2) is 0 Å². The number of morpholine rings is 1. The summed E-state index contributed by atoms with van der Waals surface area (Å²) in [4.78, 5) is 17.5. The molecule has 1 aliphatic rings. The number of aryl methyl sites for hydroxylation is 3. The van der Waals surface area contributed by atoms with Crippen molar-refractivity contribution in [2.24, 2.45) is 0 Å². The second-order valence-corrected chi connectivity index (χ2v) is 9.01. The Labute approximate surface area is 187 Å². The number of nitrogens with zero attached hydrogens (tertiary/aromatic N) is 4. The highest BCUT2D eigenvalue weighted by Crippen LogP contribution is 2.27. The molecule has 3 aromatic rings. The summed E-state index contributed by atoms with van der Waals surface area (Å²) in [6, 6.07) is 8.26. The fraction of sp³-hybridized carbons (Fsp3) is 0.435. The van der Waals surface area contributed by atoms with Gasteiger partial charge in [-0.3, -0.25) is 4.90 Å². The van der Waals surface area contributed by atoms with E-state index in [-0.39, 0.29) is 0 Å². The molecule has 1 saturated heterocycles. The summed E-state index contributed by atoms with van der Waals surface area (Å²) in [5.74, 6) is 0.584. The summed E-state index contributed by atoms with van der Waals surface area (Å²) >= 11 is 1.69. The van der Waals surface area contributed by atoms with Crippen LogP contribution in [0.2, 0.25) is 0 Å². The molecular formula is C23H30N6OS. The van der Waals surface area contributed by atoms with Crippen molar-refractivity contribution < 1.29 is 4.74 Å². The number of thiazole rings is 1. The average Bonchev–Trinajstić information content (AvgIpc) is 3.12. The molecule has 0 saturated carbocycles. The number of anilines is 2. The van der Waals surface area contributed by atoms with E-state index >= 15 is 0 Å². The van der Waals surface area contributed by atoms with Crippen LogP contribution in [0.15, 0.2) is 30.5 Å². The highest BCUT2D eigenvalue weighted by atomic mass is 32.1. The van der Waals surface area contributed by atoms with E-state index < -0.39 is 0 Å². The SMILES string of the molecule is Cc1cc(C)cc(Nc2nccc(-c3nc(C)c(CNCCN4CCOCC4)s3)n2)c1. The van der Waals surface area contributed by atoms with Gasteiger partial charge in [-0.05, 0) is 50.1 Å². The van der Waals surface area contributed by atoms with Gasteiger partial charge in [0, 0.05) is 49.5 Å². The zero-order chi connectivity index (χ0) is 21.6. The Morgan fingerprint density at radius 2 is 1.84 bits per heavy atom. The second kappa shape index (κ2) is 10.3. The summed E-state index contributed by atoms with van der Waals surface area (Å²) in [6.45, 7) is 12.8. The maximum absolute atomic E-state index is 5.40. The van der Waals surface area contributed by atoms with Crippen LogP contribution in [0.1, 0.15) is 21.7 Å². The molecule has 1 aromatic carbocycles. The van der Waals surface area contributed by atoms with Gasteiger partial charge >= 0.3 is 0 Å². The van der Waals surface area contributed by atoms with Crippen molar-refractivity contribution in [3.63, 3.8) is 0 Å². The largest absolute Gasteiger partial charge is 0.379 e. The lowest BCUT2D eigenvalue weighted by atomic mass is 10.1. The number of rotatable bonds is 8. The van der Waals surface area contributed by atoms with E-state index in [0.717, 1.165) is 68.0 Å². The zero-order valence-electron chi connectivity index (χ0n) is 18.4. The van der Waals surface area contributed by atoms with Gasteiger partial charge in [-0.25, -0.2) is 15.0 Å². The molecular weight excluding hydrogens is 408 g/mol. The van der Waals surface area contributed by atoms with Crippen LogP contribution in [-0.4, -0.2) is 59.2 Å². The smallest absolute Gasteiger partial charge is 0.227 e. The predicted molar refractivity (Wildman–Crippen MR) is 126 cm³/mol. The minimum Gasteiger partial charge on any atom is -0.379 e. The van der Waals surface area contributed by atoms with Gasteiger partial charge in [-0.1, -0.05) is 6.07 Å². The van der Waals surface area contributed by atoms with Crippen molar-refractivity contribution in [3.05, 3.63) is 52.2 Å². The van der Waals surface area contributed by atoms with Crippen molar-refractivity contribution in [2.75, 3.05) is 44.7 Å². The normalized spacial score (nSPS) is 14.7. The van der Waals surface area contributed by atoms with Crippen LogP contribution in [-0.2, 0) is 11.3 Å². The fourth-order valence-corrected chi connectivity index (χ4v) is 4.68. The minimum absolute atomic E-state index is 0.584. The number of hydrogen-bond acceptors (Lipinski definition) is 8. The van der Waals surface area contributed by atoms with E-state index in [0.29, 0.717) is 5.95 Å². The van der Waals surface area contributed by atoms with Crippen molar-refractivity contribution in [2.45, 2.75) is 27.3 Å². The Balaban J connectivity index is 1.37. The van der Waals surface area contributed by atoms with Crippen LogP contribution in [0, 0.1) is 20.8 Å². The first kappa shape index (κ1) is 21.8. The molecule has 4 rings (SSSR count). The highest BCUT2D eigenvalue weighted by molar-refractivity contribution is 7.15. The van der Waals surface area contributed by atoms with E-state index in [9.17, 15) is 0 Å². The molecule has 0 atom stereocenters. The van der Waals surface area contributed by atoms with E-state index in [2.05, 4.69) is 59.5 Å². The van der Waals surface area contributed by atoms with E-state index in [1.165, 1.54) is 16.0 Å². The van der Waals surface area contributed by atoms with E-state index in [1.807, 2.05) is 6.07 Å². The van der Waals surface area contributed by atoms with Crippen molar-refractivity contribution in [1.82, 2.24) is 25.2 Å².